The number of aliphatic carboxylic acids is 1. The fourth-order valence-electron chi connectivity index (χ4n) is 2.14. The highest BCUT2D eigenvalue weighted by atomic mass is 16.5. The number of hydrogen-bond donors (Lipinski definition) is 4. The second kappa shape index (κ2) is 11.5. The highest BCUT2D eigenvalue weighted by Gasteiger charge is 2.23. The molecule has 27 heavy (non-hydrogen) atoms. The molecule has 0 aliphatic heterocycles. The molecule has 9 heteroatoms. The van der Waals surface area contributed by atoms with Gasteiger partial charge in [0.05, 0.1) is 6.54 Å². The van der Waals surface area contributed by atoms with E-state index in [1.54, 1.807) is 12.1 Å². The molecule has 1 aromatic carbocycles. The summed E-state index contributed by atoms with van der Waals surface area (Å²) in [5.74, 6) is -2.27. The van der Waals surface area contributed by atoms with Crippen molar-refractivity contribution in [2.24, 2.45) is 5.92 Å². The maximum absolute atomic E-state index is 12.3. The van der Waals surface area contributed by atoms with E-state index >= 15 is 0 Å². The minimum Gasteiger partial charge on any atom is -0.480 e. The summed E-state index contributed by atoms with van der Waals surface area (Å²) < 4.78 is 5.11. The summed E-state index contributed by atoms with van der Waals surface area (Å²) in [6.07, 6.45) is -0.391. The monoisotopic (exact) mass is 379 g/mol. The molecule has 0 fully saturated rings. The van der Waals surface area contributed by atoms with E-state index in [9.17, 15) is 19.2 Å². The lowest BCUT2D eigenvalue weighted by Crippen LogP contribution is -2.49. The zero-order valence-corrected chi connectivity index (χ0v) is 15.4. The Bertz CT molecular complexity index is 648. The number of amides is 3. The van der Waals surface area contributed by atoms with Crippen LogP contribution in [0.3, 0.4) is 0 Å². The summed E-state index contributed by atoms with van der Waals surface area (Å²) in [4.78, 5) is 46.1. The molecule has 0 aliphatic carbocycles. The summed E-state index contributed by atoms with van der Waals surface area (Å²) in [6.45, 7) is 2.92. The minimum absolute atomic E-state index is 0.0697. The lowest BCUT2D eigenvalue weighted by molar-refractivity contribution is -0.137. The van der Waals surface area contributed by atoms with E-state index in [2.05, 4.69) is 16.0 Å². The molecule has 3 amide bonds. The van der Waals surface area contributed by atoms with E-state index in [0.29, 0.717) is 6.42 Å². The molecule has 0 saturated carbocycles. The van der Waals surface area contributed by atoms with Crippen LogP contribution in [0.5, 0.6) is 0 Å². The number of carboxylic acid groups (broad SMARTS) is 1. The average Bonchev–Trinajstić information content (AvgIpc) is 2.62. The van der Waals surface area contributed by atoms with Crippen LogP contribution in [-0.4, -0.2) is 48.1 Å². The zero-order valence-electron chi connectivity index (χ0n) is 15.4. The van der Waals surface area contributed by atoms with Crippen molar-refractivity contribution < 1.29 is 29.0 Å². The van der Waals surface area contributed by atoms with Crippen LogP contribution in [-0.2, 0) is 25.7 Å². The number of nitrogens with one attached hydrogen (secondary N) is 3. The fraction of sp³-hybridized carbons (Fsp3) is 0.444. The van der Waals surface area contributed by atoms with Crippen molar-refractivity contribution in [2.75, 3.05) is 13.1 Å². The van der Waals surface area contributed by atoms with Crippen LogP contribution in [0.2, 0.25) is 0 Å². The lowest BCUT2D eigenvalue weighted by Gasteiger charge is -2.20. The van der Waals surface area contributed by atoms with Gasteiger partial charge in [-0.15, -0.1) is 0 Å². The van der Waals surface area contributed by atoms with Gasteiger partial charge in [-0.3, -0.25) is 14.4 Å². The third kappa shape index (κ3) is 9.83. The van der Waals surface area contributed by atoms with Crippen LogP contribution in [0.4, 0.5) is 4.79 Å². The van der Waals surface area contributed by atoms with Gasteiger partial charge in [0.25, 0.3) is 0 Å². The Hall–Kier alpha value is -3.10. The lowest BCUT2D eigenvalue weighted by atomic mass is 10.0. The second-order valence-electron chi connectivity index (χ2n) is 6.28. The normalized spacial score (nSPS) is 11.4. The molecule has 0 bridgehead atoms. The topological polar surface area (TPSA) is 134 Å². The molecule has 0 radical (unpaired) electrons. The quantitative estimate of drug-likeness (QED) is 0.471. The number of rotatable bonds is 10. The Kier molecular flexibility index (Phi) is 9.35. The molecular weight excluding hydrogens is 354 g/mol. The Morgan fingerprint density at radius 3 is 2.30 bits per heavy atom. The molecular formula is C18H25N3O6. The van der Waals surface area contributed by atoms with Crippen LogP contribution >= 0.6 is 0 Å². The summed E-state index contributed by atoms with van der Waals surface area (Å²) in [5, 5.41) is 15.5. The van der Waals surface area contributed by atoms with E-state index in [1.807, 2.05) is 32.0 Å². The molecule has 0 aromatic heterocycles. The second-order valence-corrected chi connectivity index (χ2v) is 6.28. The number of alkyl carbamates (subject to hydrolysis) is 1. The van der Waals surface area contributed by atoms with Crippen molar-refractivity contribution in [1.29, 1.82) is 0 Å². The van der Waals surface area contributed by atoms with Gasteiger partial charge in [0.1, 0.15) is 19.2 Å². The molecule has 1 atom stereocenters. The number of ether oxygens (including phenoxy) is 1. The van der Waals surface area contributed by atoms with Crippen LogP contribution in [0.25, 0.3) is 0 Å². The minimum atomic E-state index is -1.19. The number of carboxylic acids is 1. The molecule has 0 unspecified atom stereocenters. The first-order valence-corrected chi connectivity index (χ1v) is 8.51. The van der Waals surface area contributed by atoms with E-state index in [-0.39, 0.29) is 19.1 Å². The highest BCUT2D eigenvalue weighted by Crippen LogP contribution is 2.06. The zero-order chi connectivity index (χ0) is 20.2. The van der Waals surface area contributed by atoms with Crippen molar-refractivity contribution in [2.45, 2.75) is 32.9 Å². The summed E-state index contributed by atoms with van der Waals surface area (Å²) in [7, 11) is 0. The first kappa shape index (κ1) is 21.9. The average molecular weight is 379 g/mol. The van der Waals surface area contributed by atoms with Crippen molar-refractivity contribution >= 4 is 23.9 Å². The van der Waals surface area contributed by atoms with Crippen LogP contribution in [0.15, 0.2) is 30.3 Å². The van der Waals surface area contributed by atoms with E-state index in [1.165, 1.54) is 0 Å². The van der Waals surface area contributed by atoms with Gasteiger partial charge in [-0.1, -0.05) is 44.2 Å². The maximum atomic E-state index is 12.3. The van der Waals surface area contributed by atoms with E-state index in [4.69, 9.17) is 9.84 Å². The molecule has 148 valence electrons. The predicted octanol–water partition coefficient (Wildman–Crippen LogP) is 0.645. The van der Waals surface area contributed by atoms with Gasteiger partial charge >= 0.3 is 12.1 Å². The van der Waals surface area contributed by atoms with E-state index < -0.39 is 36.5 Å². The Balaban J connectivity index is 2.50. The SMILES string of the molecule is CC(C)C[C@@H](NC(=O)OCc1ccccc1)C(=O)NCC(=O)NCC(=O)O. The van der Waals surface area contributed by atoms with Gasteiger partial charge in [0.2, 0.25) is 11.8 Å². The number of carbonyl (C=O) groups excluding carboxylic acids is 3. The first-order chi connectivity index (χ1) is 12.8. The van der Waals surface area contributed by atoms with Gasteiger partial charge in [-0.2, -0.15) is 0 Å². The summed E-state index contributed by atoms with van der Waals surface area (Å²) in [6, 6.07) is 8.23. The third-order valence-corrected chi connectivity index (χ3v) is 3.39. The Labute approximate surface area is 157 Å². The molecule has 0 aliphatic rings. The maximum Gasteiger partial charge on any atom is 0.408 e. The van der Waals surface area contributed by atoms with Gasteiger partial charge < -0.3 is 25.8 Å². The van der Waals surface area contributed by atoms with Crippen molar-refractivity contribution in [3.63, 3.8) is 0 Å². The Morgan fingerprint density at radius 1 is 1.04 bits per heavy atom. The van der Waals surface area contributed by atoms with Crippen LogP contribution < -0.4 is 16.0 Å². The van der Waals surface area contributed by atoms with E-state index in [0.717, 1.165) is 5.56 Å². The van der Waals surface area contributed by atoms with Gasteiger partial charge in [-0.05, 0) is 17.9 Å². The molecule has 0 heterocycles. The van der Waals surface area contributed by atoms with Crippen molar-refractivity contribution in [3.8, 4) is 0 Å². The molecule has 4 N–H and O–H groups in total. The highest BCUT2D eigenvalue weighted by molar-refractivity contribution is 5.90. The number of hydrogen-bond acceptors (Lipinski definition) is 5. The Morgan fingerprint density at radius 2 is 1.70 bits per heavy atom. The first-order valence-electron chi connectivity index (χ1n) is 8.51. The molecule has 0 saturated heterocycles. The van der Waals surface area contributed by atoms with Crippen LogP contribution in [0.1, 0.15) is 25.8 Å². The van der Waals surface area contributed by atoms with Crippen LogP contribution in [0, 0.1) is 5.92 Å². The standard InChI is InChI=1S/C18H25N3O6/c1-12(2)8-14(17(25)20-9-15(22)19-10-16(23)24)21-18(26)27-11-13-6-4-3-5-7-13/h3-7,12,14H,8-11H2,1-2H3,(H,19,22)(H,20,25)(H,21,26)(H,23,24)/t14-/m1/s1. The van der Waals surface area contributed by atoms with Crippen molar-refractivity contribution in [3.05, 3.63) is 35.9 Å². The van der Waals surface area contributed by atoms with Gasteiger partial charge in [0, 0.05) is 0 Å². The molecule has 0 spiro atoms. The number of benzene rings is 1. The largest absolute Gasteiger partial charge is 0.480 e. The smallest absolute Gasteiger partial charge is 0.408 e. The summed E-state index contributed by atoms with van der Waals surface area (Å²) >= 11 is 0. The van der Waals surface area contributed by atoms with Gasteiger partial charge in [0.15, 0.2) is 0 Å². The fourth-order valence-corrected chi connectivity index (χ4v) is 2.14. The van der Waals surface area contributed by atoms with Crippen molar-refractivity contribution in [1.82, 2.24) is 16.0 Å². The molecule has 1 rings (SSSR count). The molecule has 1 aromatic rings. The predicted molar refractivity (Wildman–Crippen MR) is 96.7 cm³/mol. The molecule has 9 nitrogen and oxygen atoms in total. The summed E-state index contributed by atoms with van der Waals surface area (Å²) in [5.41, 5.74) is 0.813. The third-order valence-electron chi connectivity index (χ3n) is 3.39. The number of carbonyl (C=O) groups is 4. The van der Waals surface area contributed by atoms with Gasteiger partial charge in [-0.25, -0.2) is 4.79 Å².